The molecule has 0 unspecified atom stereocenters. The van der Waals surface area contributed by atoms with E-state index in [1.807, 2.05) is 24.4 Å². The van der Waals surface area contributed by atoms with Gasteiger partial charge < -0.3 is 4.74 Å². The Kier molecular flexibility index (Phi) is 5.72. The zero-order valence-electron chi connectivity index (χ0n) is 15.4. The van der Waals surface area contributed by atoms with Crippen molar-refractivity contribution < 1.29 is 17.9 Å². The van der Waals surface area contributed by atoms with Crippen molar-refractivity contribution in [2.45, 2.75) is 13.3 Å². The summed E-state index contributed by atoms with van der Waals surface area (Å²) in [5, 5.41) is 0. The summed E-state index contributed by atoms with van der Waals surface area (Å²) in [5.74, 6) is -1.36. The molecule has 6 nitrogen and oxygen atoms in total. The second kappa shape index (κ2) is 8.02. The first-order valence-corrected chi connectivity index (χ1v) is 10.3. The number of carbonyl (C=O) groups excluding carboxylic acids is 1. The van der Waals surface area contributed by atoms with E-state index in [0.29, 0.717) is 13.0 Å². The van der Waals surface area contributed by atoms with E-state index in [1.54, 1.807) is 6.20 Å². The molecule has 1 aromatic heterocycles. The molecule has 0 radical (unpaired) electrons. The molecule has 2 aromatic rings. The summed E-state index contributed by atoms with van der Waals surface area (Å²) in [6, 6.07) is 10.2. The predicted octanol–water partition coefficient (Wildman–Crippen LogP) is 2.65. The van der Waals surface area contributed by atoms with Crippen LogP contribution in [0.3, 0.4) is 0 Å². The fourth-order valence-electron chi connectivity index (χ4n) is 3.17. The first kappa shape index (κ1) is 19.3. The predicted molar refractivity (Wildman–Crippen MR) is 104 cm³/mol. The maximum atomic E-state index is 12.2. The van der Waals surface area contributed by atoms with Gasteiger partial charge in [0.05, 0.1) is 7.11 Å². The topological polar surface area (TPSA) is 76.6 Å². The highest BCUT2D eigenvalue weighted by Gasteiger charge is 2.27. The number of hydrogen-bond donors (Lipinski definition) is 0. The minimum atomic E-state index is -3.64. The van der Waals surface area contributed by atoms with Crippen LogP contribution < -0.4 is 0 Å². The second-order valence-corrected chi connectivity index (χ2v) is 8.41. The molecule has 1 aliphatic heterocycles. The number of benzene rings is 1. The molecular weight excluding hydrogens is 364 g/mol. The van der Waals surface area contributed by atoms with E-state index in [9.17, 15) is 13.2 Å². The lowest BCUT2D eigenvalue weighted by Gasteiger charge is -2.25. The Morgan fingerprint density at radius 3 is 2.67 bits per heavy atom. The summed E-state index contributed by atoms with van der Waals surface area (Å²) in [7, 11) is -2.46. The zero-order chi connectivity index (χ0) is 19.4. The van der Waals surface area contributed by atoms with Crippen LogP contribution in [0.1, 0.15) is 17.5 Å². The number of pyridine rings is 1. The lowest BCUT2D eigenvalue weighted by Crippen LogP contribution is -2.38. The fraction of sp³-hybridized carbons (Fsp3) is 0.300. The van der Waals surface area contributed by atoms with E-state index in [0.717, 1.165) is 27.8 Å². The monoisotopic (exact) mass is 386 g/mol. The van der Waals surface area contributed by atoms with Gasteiger partial charge in [-0.1, -0.05) is 30.3 Å². The Balaban J connectivity index is 1.76. The van der Waals surface area contributed by atoms with Crippen LogP contribution in [-0.4, -0.2) is 49.6 Å². The molecule has 0 fully saturated rings. The van der Waals surface area contributed by atoms with Gasteiger partial charge in [-0.2, -0.15) is 4.31 Å². The van der Waals surface area contributed by atoms with Crippen LogP contribution in [0, 0.1) is 6.92 Å². The zero-order valence-corrected chi connectivity index (χ0v) is 16.2. The molecule has 0 amide bonds. The van der Waals surface area contributed by atoms with Gasteiger partial charge in [-0.3, -0.25) is 9.78 Å². The number of methoxy groups -OCH3 is 1. The summed E-state index contributed by atoms with van der Waals surface area (Å²) in [4.78, 5) is 15.5. The molecule has 0 atom stereocenters. The summed E-state index contributed by atoms with van der Waals surface area (Å²) in [6.45, 7) is 2.68. The van der Waals surface area contributed by atoms with Crippen molar-refractivity contribution in [3.05, 3.63) is 59.9 Å². The van der Waals surface area contributed by atoms with Crippen molar-refractivity contribution in [3.8, 4) is 11.1 Å². The van der Waals surface area contributed by atoms with Gasteiger partial charge in [-0.15, -0.1) is 0 Å². The van der Waals surface area contributed by atoms with Crippen LogP contribution in [0.25, 0.3) is 16.7 Å². The Morgan fingerprint density at radius 2 is 2.07 bits per heavy atom. The lowest BCUT2D eigenvalue weighted by molar-refractivity contribution is -0.137. The lowest BCUT2D eigenvalue weighted by atomic mass is 9.94. The Hall–Kier alpha value is -2.51. The van der Waals surface area contributed by atoms with E-state index in [2.05, 4.69) is 34.8 Å². The third-order valence-electron chi connectivity index (χ3n) is 4.66. The van der Waals surface area contributed by atoms with Gasteiger partial charge in [0.15, 0.2) is 5.75 Å². The van der Waals surface area contributed by atoms with Crippen molar-refractivity contribution in [3.63, 3.8) is 0 Å². The Bertz CT molecular complexity index is 969. The van der Waals surface area contributed by atoms with Crippen LogP contribution in [0.4, 0.5) is 0 Å². The van der Waals surface area contributed by atoms with Gasteiger partial charge in [0.1, 0.15) is 0 Å². The summed E-state index contributed by atoms with van der Waals surface area (Å²) in [5.41, 5.74) is 5.54. The molecule has 0 N–H and O–H groups in total. The van der Waals surface area contributed by atoms with Crippen molar-refractivity contribution in [2.24, 2.45) is 0 Å². The highest BCUT2D eigenvalue weighted by molar-refractivity contribution is 7.89. The number of hydrogen-bond acceptors (Lipinski definition) is 5. The molecule has 7 heteroatoms. The highest BCUT2D eigenvalue weighted by atomic mass is 32.2. The molecule has 1 aliphatic rings. The third-order valence-corrected chi connectivity index (χ3v) is 6.38. The molecule has 27 heavy (non-hydrogen) atoms. The standard InChI is InChI=1S/C20H22N2O4S/c1-15-12-17(5-6-19(15)18-4-3-9-21-13-18)16-7-10-22(11-8-16)27(24,25)14-20(23)26-2/h3-7,9,12-13H,8,10-11,14H2,1-2H3. The molecule has 0 spiro atoms. The van der Waals surface area contributed by atoms with Gasteiger partial charge in [0.2, 0.25) is 10.0 Å². The molecule has 2 heterocycles. The smallest absolute Gasteiger partial charge is 0.322 e. The maximum Gasteiger partial charge on any atom is 0.322 e. The maximum absolute atomic E-state index is 12.2. The molecule has 3 rings (SSSR count). The number of rotatable bonds is 5. The third kappa shape index (κ3) is 4.43. The molecular formula is C20H22N2O4S. The van der Waals surface area contributed by atoms with Gasteiger partial charge in [0, 0.05) is 31.0 Å². The summed E-state index contributed by atoms with van der Waals surface area (Å²) >= 11 is 0. The number of carbonyl (C=O) groups is 1. The van der Waals surface area contributed by atoms with Crippen molar-refractivity contribution in [1.82, 2.24) is 9.29 Å². The van der Waals surface area contributed by atoms with E-state index < -0.39 is 21.7 Å². The number of nitrogens with zero attached hydrogens (tertiary/aromatic N) is 2. The first-order chi connectivity index (χ1) is 12.9. The fourth-order valence-corrected chi connectivity index (χ4v) is 4.44. The first-order valence-electron chi connectivity index (χ1n) is 8.66. The second-order valence-electron chi connectivity index (χ2n) is 6.44. The highest BCUT2D eigenvalue weighted by Crippen LogP contribution is 2.29. The van der Waals surface area contributed by atoms with Gasteiger partial charge in [-0.25, -0.2) is 8.42 Å². The number of aromatic nitrogens is 1. The van der Waals surface area contributed by atoms with Crippen LogP contribution in [0.2, 0.25) is 0 Å². The molecule has 0 bridgehead atoms. The van der Waals surface area contributed by atoms with Crippen LogP contribution in [0.5, 0.6) is 0 Å². The van der Waals surface area contributed by atoms with E-state index in [4.69, 9.17) is 0 Å². The quantitative estimate of drug-likeness (QED) is 0.739. The minimum Gasteiger partial charge on any atom is -0.468 e. The number of esters is 1. The normalized spacial score (nSPS) is 15.3. The summed E-state index contributed by atoms with van der Waals surface area (Å²) < 4.78 is 30.3. The van der Waals surface area contributed by atoms with E-state index >= 15 is 0 Å². The average Bonchev–Trinajstić information content (AvgIpc) is 2.68. The molecule has 0 aliphatic carbocycles. The summed E-state index contributed by atoms with van der Waals surface area (Å²) in [6.07, 6.45) is 6.11. The minimum absolute atomic E-state index is 0.262. The number of ether oxygens (including phenoxy) is 1. The van der Waals surface area contributed by atoms with Crippen molar-refractivity contribution in [2.75, 3.05) is 26.0 Å². The van der Waals surface area contributed by atoms with E-state index in [1.165, 1.54) is 11.4 Å². The average molecular weight is 386 g/mol. The van der Waals surface area contributed by atoms with Gasteiger partial charge in [-0.05, 0) is 41.7 Å². The number of sulfonamides is 1. The van der Waals surface area contributed by atoms with E-state index in [-0.39, 0.29) is 6.54 Å². The molecule has 142 valence electrons. The SMILES string of the molecule is COC(=O)CS(=O)(=O)N1CC=C(c2ccc(-c3cccnc3)c(C)c2)CC1. The van der Waals surface area contributed by atoms with Crippen molar-refractivity contribution >= 4 is 21.6 Å². The van der Waals surface area contributed by atoms with Crippen LogP contribution >= 0.6 is 0 Å². The van der Waals surface area contributed by atoms with Crippen molar-refractivity contribution in [1.29, 1.82) is 0 Å². The molecule has 0 saturated heterocycles. The van der Waals surface area contributed by atoms with Crippen LogP contribution in [-0.2, 0) is 19.6 Å². The van der Waals surface area contributed by atoms with Gasteiger partial charge in [0.25, 0.3) is 0 Å². The molecule has 1 aromatic carbocycles. The largest absolute Gasteiger partial charge is 0.468 e. The molecule has 0 saturated carbocycles. The van der Waals surface area contributed by atoms with Crippen LogP contribution in [0.15, 0.2) is 48.8 Å². The number of aryl methyl sites for hydroxylation is 1. The van der Waals surface area contributed by atoms with Gasteiger partial charge >= 0.3 is 5.97 Å². The Morgan fingerprint density at radius 1 is 1.26 bits per heavy atom. The Labute approximate surface area is 159 Å².